The summed E-state index contributed by atoms with van der Waals surface area (Å²) in [4.78, 5) is 25.3. The van der Waals surface area contributed by atoms with Crippen molar-refractivity contribution in [3.05, 3.63) is 58.4 Å². The van der Waals surface area contributed by atoms with Crippen LogP contribution in [0.3, 0.4) is 0 Å². The van der Waals surface area contributed by atoms with Crippen molar-refractivity contribution in [1.29, 1.82) is 0 Å². The van der Waals surface area contributed by atoms with Gasteiger partial charge in [-0.05, 0) is 61.7 Å². The fourth-order valence-electron chi connectivity index (χ4n) is 2.59. The van der Waals surface area contributed by atoms with E-state index in [0.717, 1.165) is 0 Å². The Morgan fingerprint density at radius 3 is 2.39 bits per heavy atom. The third kappa shape index (κ3) is 5.45. The number of carbonyl (C=O) groups is 2. The van der Waals surface area contributed by atoms with Gasteiger partial charge in [-0.15, -0.1) is 0 Å². The van der Waals surface area contributed by atoms with Crippen LogP contribution in [0.5, 0.6) is 0 Å². The van der Waals surface area contributed by atoms with Crippen LogP contribution < -0.4 is 0 Å². The average molecular weight is 408 g/mol. The van der Waals surface area contributed by atoms with E-state index < -0.39 is 23.5 Å². The molecule has 0 saturated carbocycles. The van der Waals surface area contributed by atoms with Gasteiger partial charge in [0.05, 0.1) is 17.7 Å². The van der Waals surface area contributed by atoms with Gasteiger partial charge in [-0.2, -0.15) is 0 Å². The zero-order valence-corrected chi connectivity index (χ0v) is 17.3. The Labute approximate surface area is 169 Å². The zero-order valence-electron chi connectivity index (χ0n) is 16.5. The molecule has 0 atom stereocenters. The van der Waals surface area contributed by atoms with E-state index in [1.807, 2.05) is 0 Å². The molecule has 0 spiro atoms. The summed E-state index contributed by atoms with van der Waals surface area (Å²) in [5.74, 6) is -0.964. The molecule has 2 aromatic carbocycles. The Balaban J connectivity index is 2.36. The molecule has 0 unspecified atom stereocenters. The number of hydrogen-bond acceptors (Lipinski definition) is 4. The molecule has 0 radical (unpaired) electrons. The van der Waals surface area contributed by atoms with Gasteiger partial charge in [-0.1, -0.05) is 23.7 Å². The maximum absolute atomic E-state index is 13.9. The predicted molar refractivity (Wildman–Crippen MR) is 106 cm³/mol. The van der Waals surface area contributed by atoms with Crippen molar-refractivity contribution in [2.45, 2.75) is 32.9 Å². The third-order valence-electron chi connectivity index (χ3n) is 3.87. The minimum Gasteiger partial charge on any atom is -0.465 e. The van der Waals surface area contributed by atoms with E-state index in [1.54, 1.807) is 52.1 Å². The number of nitrogens with zero attached hydrogens (tertiary/aromatic N) is 1. The largest absolute Gasteiger partial charge is 0.465 e. The first kappa shape index (κ1) is 21.7. The Kier molecular flexibility index (Phi) is 6.67. The quantitative estimate of drug-likeness (QED) is 0.645. The summed E-state index contributed by atoms with van der Waals surface area (Å²) in [6.45, 7) is 5.46. The van der Waals surface area contributed by atoms with Crippen molar-refractivity contribution in [3.8, 4) is 11.1 Å². The molecule has 0 fully saturated rings. The predicted octanol–water partition coefficient (Wildman–Crippen LogP) is 5.30. The van der Waals surface area contributed by atoms with Crippen LogP contribution in [-0.4, -0.2) is 36.7 Å². The summed E-state index contributed by atoms with van der Waals surface area (Å²) in [5, 5.41) is 0.222. The molecule has 150 valence electrons. The minimum absolute atomic E-state index is 0.137. The molecule has 28 heavy (non-hydrogen) atoms. The number of halogens is 2. The summed E-state index contributed by atoms with van der Waals surface area (Å²) in [5.41, 5.74) is 1.56. The Bertz CT molecular complexity index is 892. The summed E-state index contributed by atoms with van der Waals surface area (Å²) in [6, 6.07) is 9.15. The zero-order chi connectivity index (χ0) is 21.1. The fourth-order valence-corrected chi connectivity index (χ4v) is 2.85. The summed E-state index contributed by atoms with van der Waals surface area (Å²) >= 11 is 6.21. The number of carbonyl (C=O) groups excluding carboxylic acids is 2. The smallest absolute Gasteiger partial charge is 0.410 e. The number of amides is 1. The van der Waals surface area contributed by atoms with Crippen molar-refractivity contribution in [3.63, 3.8) is 0 Å². The monoisotopic (exact) mass is 407 g/mol. The topological polar surface area (TPSA) is 55.8 Å². The first-order valence-corrected chi connectivity index (χ1v) is 9.00. The van der Waals surface area contributed by atoms with Crippen molar-refractivity contribution in [1.82, 2.24) is 4.90 Å². The van der Waals surface area contributed by atoms with Gasteiger partial charge in [-0.3, -0.25) is 0 Å². The number of hydrogen-bond donors (Lipinski definition) is 0. The third-order valence-corrected chi connectivity index (χ3v) is 4.18. The highest BCUT2D eigenvalue weighted by atomic mass is 35.5. The van der Waals surface area contributed by atoms with Gasteiger partial charge in [-0.25, -0.2) is 14.0 Å². The number of ether oxygens (including phenoxy) is 2. The summed E-state index contributed by atoms with van der Waals surface area (Å²) in [7, 11) is 2.85. The van der Waals surface area contributed by atoms with Crippen molar-refractivity contribution in [2.75, 3.05) is 14.2 Å². The maximum Gasteiger partial charge on any atom is 0.410 e. The number of rotatable bonds is 4. The van der Waals surface area contributed by atoms with Crippen LogP contribution in [0.15, 0.2) is 36.4 Å². The molecular weight excluding hydrogens is 385 g/mol. The minimum atomic E-state index is -0.632. The highest BCUT2D eigenvalue weighted by Gasteiger charge is 2.21. The fraction of sp³-hybridized carbons (Fsp3) is 0.333. The molecule has 0 saturated heterocycles. The average Bonchev–Trinajstić information content (AvgIpc) is 2.59. The van der Waals surface area contributed by atoms with Crippen LogP contribution in [0, 0.1) is 5.82 Å². The van der Waals surface area contributed by atoms with Gasteiger partial charge in [0.15, 0.2) is 0 Å². The molecule has 0 bridgehead atoms. The van der Waals surface area contributed by atoms with Crippen LogP contribution in [0.25, 0.3) is 11.1 Å². The molecule has 7 heteroatoms. The Morgan fingerprint density at radius 1 is 1.14 bits per heavy atom. The number of benzene rings is 2. The first-order chi connectivity index (χ1) is 13.0. The molecule has 0 N–H and O–H groups in total. The lowest BCUT2D eigenvalue weighted by Gasteiger charge is -2.25. The molecule has 0 heterocycles. The van der Waals surface area contributed by atoms with Gasteiger partial charge < -0.3 is 14.4 Å². The normalized spacial score (nSPS) is 11.1. The van der Waals surface area contributed by atoms with Crippen molar-refractivity contribution >= 4 is 23.7 Å². The Hall–Kier alpha value is -2.60. The maximum atomic E-state index is 13.9. The van der Waals surface area contributed by atoms with E-state index in [4.69, 9.17) is 16.3 Å². The van der Waals surface area contributed by atoms with E-state index >= 15 is 0 Å². The summed E-state index contributed by atoms with van der Waals surface area (Å²) < 4.78 is 23.9. The van der Waals surface area contributed by atoms with Gasteiger partial charge in [0.2, 0.25) is 0 Å². The van der Waals surface area contributed by atoms with E-state index in [1.165, 1.54) is 24.1 Å². The van der Waals surface area contributed by atoms with Crippen LogP contribution in [-0.2, 0) is 16.0 Å². The van der Waals surface area contributed by atoms with E-state index in [0.29, 0.717) is 16.7 Å². The molecular formula is C21H23ClFNO4. The van der Waals surface area contributed by atoms with Gasteiger partial charge in [0.25, 0.3) is 0 Å². The second kappa shape index (κ2) is 8.61. The van der Waals surface area contributed by atoms with Gasteiger partial charge in [0, 0.05) is 13.6 Å². The lowest BCUT2D eigenvalue weighted by molar-refractivity contribution is 0.0285. The molecule has 0 aliphatic rings. The van der Waals surface area contributed by atoms with E-state index in [9.17, 15) is 14.0 Å². The molecule has 0 aromatic heterocycles. The van der Waals surface area contributed by atoms with Crippen molar-refractivity contribution < 1.29 is 23.5 Å². The molecule has 0 aliphatic carbocycles. The summed E-state index contributed by atoms with van der Waals surface area (Å²) in [6.07, 6.45) is -0.512. The standard InChI is InChI=1S/C21H23ClFNO4/c1-21(2,3)28-20(26)24(4)12-14-10-15(23)7-9-16(14)13-6-8-17(18(22)11-13)19(25)27-5/h6-11H,12H2,1-5H3. The lowest BCUT2D eigenvalue weighted by atomic mass is 9.98. The van der Waals surface area contributed by atoms with Crippen LogP contribution in [0.2, 0.25) is 5.02 Å². The first-order valence-electron chi connectivity index (χ1n) is 8.62. The van der Waals surface area contributed by atoms with E-state index in [2.05, 4.69) is 4.74 Å². The Morgan fingerprint density at radius 2 is 1.82 bits per heavy atom. The molecule has 0 aliphatic heterocycles. The van der Waals surface area contributed by atoms with Gasteiger partial charge in [0.1, 0.15) is 11.4 Å². The van der Waals surface area contributed by atoms with Crippen LogP contribution >= 0.6 is 11.6 Å². The SMILES string of the molecule is COC(=O)c1ccc(-c2ccc(F)cc2CN(C)C(=O)OC(C)(C)C)cc1Cl. The molecule has 2 aromatic rings. The van der Waals surface area contributed by atoms with Crippen LogP contribution in [0.4, 0.5) is 9.18 Å². The lowest BCUT2D eigenvalue weighted by Crippen LogP contribution is -2.33. The highest BCUT2D eigenvalue weighted by Crippen LogP contribution is 2.30. The highest BCUT2D eigenvalue weighted by molar-refractivity contribution is 6.33. The van der Waals surface area contributed by atoms with Crippen LogP contribution in [0.1, 0.15) is 36.7 Å². The molecule has 1 amide bonds. The molecule has 5 nitrogen and oxygen atoms in total. The van der Waals surface area contributed by atoms with E-state index in [-0.39, 0.29) is 17.1 Å². The second-order valence-corrected chi connectivity index (χ2v) is 7.73. The number of esters is 1. The molecule has 2 rings (SSSR count). The second-order valence-electron chi connectivity index (χ2n) is 7.32. The van der Waals surface area contributed by atoms with Gasteiger partial charge >= 0.3 is 12.1 Å². The van der Waals surface area contributed by atoms with Crippen molar-refractivity contribution in [2.24, 2.45) is 0 Å². The number of methoxy groups -OCH3 is 1.